The van der Waals surface area contributed by atoms with E-state index >= 15 is 0 Å². The number of likely N-dealkylation sites (tertiary alicyclic amines) is 1. The third kappa shape index (κ3) is 3.57. The third-order valence-electron chi connectivity index (χ3n) is 3.92. The average molecular weight is 260 g/mol. The van der Waals surface area contributed by atoms with Crippen LogP contribution in [0.2, 0.25) is 0 Å². The molecule has 1 aromatic carbocycles. The molecule has 1 N–H and O–H groups in total. The first-order valence-corrected chi connectivity index (χ1v) is 7.17. The maximum absolute atomic E-state index is 11.7. The van der Waals surface area contributed by atoms with Gasteiger partial charge in [0.1, 0.15) is 0 Å². The molecule has 0 aliphatic carbocycles. The Kier molecular flexibility index (Phi) is 4.59. The van der Waals surface area contributed by atoms with Crippen molar-refractivity contribution in [2.45, 2.75) is 39.3 Å². The molecule has 1 aromatic rings. The number of carbonyl (C=O) groups is 1. The van der Waals surface area contributed by atoms with Crippen LogP contribution in [0.3, 0.4) is 0 Å². The maximum atomic E-state index is 11.7. The van der Waals surface area contributed by atoms with E-state index < -0.39 is 0 Å². The molecule has 2 rings (SSSR count). The van der Waals surface area contributed by atoms with Gasteiger partial charge in [0.15, 0.2) is 0 Å². The SMILES string of the molecule is CC(C)C(=O)N[C@H]1CCN([C@H](C)c2ccccc2)C1. The Morgan fingerprint density at radius 2 is 1.95 bits per heavy atom. The average Bonchev–Trinajstić information content (AvgIpc) is 2.87. The highest BCUT2D eigenvalue weighted by Gasteiger charge is 2.27. The predicted octanol–water partition coefficient (Wildman–Crippen LogP) is 2.59. The molecule has 104 valence electrons. The smallest absolute Gasteiger partial charge is 0.222 e. The first kappa shape index (κ1) is 14.1. The van der Waals surface area contributed by atoms with E-state index in [1.54, 1.807) is 0 Å². The second-order valence-corrected chi connectivity index (χ2v) is 5.73. The summed E-state index contributed by atoms with van der Waals surface area (Å²) in [5.74, 6) is 0.236. The van der Waals surface area contributed by atoms with Crippen LogP contribution in [0.15, 0.2) is 30.3 Å². The maximum Gasteiger partial charge on any atom is 0.222 e. The van der Waals surface area contributed by atoms with Gasteiger partial charge in [0.2, 0.25) is 5.91 Å². The molecule has 1 aliphatic heterocycles. The molecule has 0 bridgehead atoms. The van der Waals surface area contributed by atoms with Gasteiger partial charge in [-0.3, -0.25) is 9.69 Å². The lowest BCUT2D eigenvalue weighted by molar-refractivity contribution is -0.124. The summed E-state index contributed by atoms with van der Waals surface area (Å²) in [7, 11) is 0. The molecule has 0 unspecified atom stereocenters. The fourth-order valence-corrected chi connectivity index (χ4v) is 2.57. The molecule has 0 aromatic heterocycles. The Balaban J connectivity index is 1.90. The van der Waals surface area contributed by atoms with Crippen LogP contribution in [0.4, 0.5) is 0 Å². The number of rotatable bonds is 4. The summed E-state index contributed by atoms with van der Waals surface area (Å²) in [5, 5.41) is 3.13. The molecular weight excluding hydrogens is 236 g/mol. The molecule has 3 nitrogen and oxygen atoms in total. The first-order chi connectivity index (χ1) is 9.08. The van der Waals surface area contributed by atoms with Crippen LogP contribution in [0.1, 0.15) is 38.8 Å². The summed E-state index contributed by atoms with van der Waals surface area (Å²) >= 11 is 0. The zero-order chi connectivity index (χ0) is 13.8. The fraction of sp³-hybridized carbons (Fsp3) is 0.562. The molecule has 0 radical (unpaired) electrons. The number of carbonyl (C=O) groups excluding carboxylic acids is 1. The molecule has 19 heavy (non-hydrogen) atoms. The Hall–Kier alpha value is -1.35. The number of amides is 1. The normalized spacial score (nSPS) is 21.6. The van der Waals surface area contributed by atoms with Gasteiger partial charge in [0, 0.05) is 31.1 Å². The van der Waals surface area contributed by atoms with Crippen LogP contribution in [-0.4, -0.2) is 29.9 Å². The van der Waals surface area contributed by atoms with Crippen LogP contribution in [0, 0.1) is 5.92 Å². The quantitative estimate of drug-likeness (QED) is 0.902. The van der Waals surface area contributed by atoms with E-state index in [9.17, 15) is 4.79 Å². The Labute approximate surface area is 116 Å². The minimum atomic E-state index is 0.0700. The zero-order valence-corrected chi connectivity index (χ0v) is 12.1. The third-order valence-corrected chi connectivity index (χ3v) is 3.92. The summed E-state index contributed by atoms with van der Waals surface area (Å²) in [6.45, 7) is 8.12. The van der Waals surface area contributed by atoms with Gasteiger partial charge in [-0.2, -0.15) is 0 Å². The van der Waals surface area contributed by atoms with Crippen LogP contribution >= 0.6 is 0 Å². The van der Waals surface area contributed by atoms with Crippen molar-refractivity contribution in [1.82, 2.24) is 10.2 Å². The molecular formula is C16H24N2O. The summed E-state index contributed by atoms with van der Waals surface area (Å²) in [4.78, 5) is 14.2. The van der Waals surface area contributed by atoms with Crippen molar-refractivity contribution in [3.8, 4) is 0 Å². The van der Waals surface area contributed by atoms with E-state index in [2.05, 4.69) is 41.4 Å². The van der Waals surface area contributed by atoms with Crippen LogP contribution < -0.4 is 5.32 Å². The largest absolute Gasteiger partial charge is 0.352 e. The van der Waals surface area contributed by atoms with Crippen molar-refractivity contribution in [1.29, 1.82) is 0 Å². The molecule has 0 saturated carbocycles. The topological polar surface area (TPSA) is 32.3 Å². The summed E-state index contributed by atoms with van der Waals surface area (Å²) in [6, 6.07) is 11.3. The van der Waals surface area contributed by atoms with Gasteiger partial charge in [-0.25, -0.2) is 0 Å². The van der Waals surface area contributed by atoms with E-state index in [-0.39, 0.29) is 11.8 Å². The van der Waals surface area contributed by atoms with Crippen LogP contribution in [0.25, 0.3) is 0 Å². The first-order valence-electron chi connectivity index (χ1n) is 7.17. The highest BCUT2D eigenvalue weighted by Crippen LogP contribution is 2.24. The lowest BCUT2D eigenvalue weighted by Gasteiger charge is -2.25. The van der Waals surface area contributed by atoms with Crippen molar-refractivity contribution in [2.75, 3.05) is 13.1 Å². The summed E-state index contributed by atoms with van der Waals surface area (Å²) in [5.41, 5.74) is 1.35. The molecule has 1 amide bonds. The van der Waals surface area contributed by atoms with Crippen molar-refractivity contribution in [3.63, 3.8) is 0 Å². The van der Waals surface area contributed by atoms with E-state index in [0.29, 0.717) is 12.1 Å². The van der Waals surface area contributed by atoms with Crippen LogP contribution in [-0.2, 0) is 4.79 Å². The number of benzene rings is 1. The van der Waals surface area contributed by atoms with Crippen molar-refractivity contribution in [3.05, 3.63) is 35.9 Å². The van der Waals surface area contributed by atoms with E-state index in [4.69, 9.17) is 0 Å². The van der Waals surface area contributed by atoms with Gasteiger partial charge in [0.05, 0.1) is 0 Å². The van der Waals surface area contributed by atoms with Gasteiger partial charge in [-0.05, 0) is 18.9 Å². The second kappa shape index (κ2) is 6.20. The number of hydrogen-bond donors (Lipinski definition) is 1. The molecule has 1 saturated heterocycles. The lowest BCUT2D eigenvalue weighted by atomic mass is 10.1. The van der Waals surface area contributed by atoms with E-state index in [1.807, 2.05) is 19.9 Å². The standard InChI is InChI=1S/C16H24N2O/c1-12(2)16(19)17-15-9-10-18(11-15)13(3)14-7-5-4-6-8-14/h4-8,12-13,15H,9-11H2,1-3H3,(H,17,19)/t13-,15+/m1/s1. The predicted molar refractivity (Wildman–Crippen MR) is 77.8 cm³/mol. The molecule has 3 heteroatoms. The second-order valence-electron chi connectivity index (χ2n) is 5.73. The van der Waals surface area contributed by atoms with Crippen molar-refractivity contribution < 1.29 is 4.79 Å². The molecule has 0 spiro atoms. The number of nitrogens with zero attached hydrogens (tertiary/aromatic N) is 1. The lowest BCUT2D eigenvalue weighted by Crippen LogP contribution is -2.39. The minimum Gasteiger partial charge on any atom is -0.352 e. The monoisotopic (exact) mass is 260 g/mol. The number of hydrogen-bond acceptors (Lipinski definition) is 2. The van der Waals surface area contributed by atoms with E-state index in [1.165, 1.54) is 5.56 Å². The van der Waals surface area contributed by atoms with Gasteiger partial charge < -0.3 is 5.32 Å². The highest BCUT2D eigenvalue weighted by molar-refractivity contribution is 5.78. The fourth-order valence-electron chi connectivity index (χ4n) is 2.57. The van der Waals surface area contributed by atoms with Gasteiger partial charge in [-0.15, -0.1) is 0 Å². The minimum absolute atomic E-state index is 0.0700. The van der Waals surface area contributed by atoms with Crippen LogP contribution in [0.5, 0.6) is 0 Å². The summed E-state index contributed by atoms with van der Waals surface area (Å²) < 4.78 is 0. The molecule has 2 atom stereocenters. The zero-order valence-electron chi connectivity index (χ0n) is 12.1. The van der Waals surface area contributed by atoms with Crippen molar-refractivity contribution in [2.24, 2.45) is 5.92 Å². The highest BCUT2D eigenvalue weighted by atomic mass is 16.1. The van der Waals surface area contributed by atoms with E-state index in [0.717, 1.165) is 19.5 Å². The Bertz CT molecular complexity index is 416. The molecule has 1 heterocycles. The van der Waals surface area contributed by atoms with Gasteiger partial charge in [0.25, 0.3) is 0 Å². The van der Waals surface area contributed by atoms with Crippen molar-refractivity contribution >= 4 is 5.91 Å². The number of nitrogens with one attached hydrogen (secondary N) is 1. The van der Waals surface area contributed by atoms with Gasteiger partial charge >= 0.3 is 0 Å². The summed E-state index contributed by atoms with van der Waals surface area (Å²) in [6.07, 6.45) is 1.05. The molecule has 1 aliphatic rings. The molecule has 1 fully saturated rings. The van der Waals surface area contributed by atoms with Gasteiger partial charge in [-0.1, -0.05) is 44.2 Å². The Morgan fingerprint density at radius 1 is 1.26 bits per heavy atom. The Morgan fingerprint density at radius 3 is 2.58 bits per heavy atom.